The molecule has 0 aromatic carbocycles. The number of hydrogen-bond donors (Lipinski definition) is 1. The smallest absolute Gasteiger partial charge is 0.154 e. The van der Waals surface area contributed by atoms with Gasteiger partial charge in [0, 0.05) is 11.8 Å². The molecule has 0 heterocycles. The summed E-state index contributed by atoms with van der Waals surface area (Å²) in [5.74, 6) is 1.30. The van der Waals surface area contributed by atoms with Crippen molar-refractivity contribution in [3.8, 4) is 0 Å². The minimum Gasteiger partial charge on any atom is -0.327 e. The van der Waals surface area contributed by atoms with E-state index in [2.05, 4.69) is 13.8 Å². The average Bonchev–Trinajstić information content (AvgIpc) is 2.17. The van der Waals surface area contributed by atoms with E-state index in [0.717, 1.165) is 19.3 Å². The van der Waals surface area contributed by atoms with Crippen molar-refractivity contribution in [1.29, 1.82) is 0 Å². The highest BCUT2D eigenvalue weighted by Crippen LogP contribution is 2.32. The van der Waals surface area contributed by atoms with Crippen LogP contribution in [-0.2, 0) is 9.84 Å². The molecule has 1 fully saturated rings. The van der Waals surface area contributed by atoms with Crippen molar-refractivity contribution in [2.24, 2.45) is 17.6 Å². The van der Waals surface area contributed by atoms with Crippen LogP contribution in [0.2, 0.25) is 0 Å². The monoisotopic (exact) mass is 233 g/mol. The largest absolute Gasteiger partial charge is 0.327 e. The Labute approximate surface area is 93.3 Å². The van der Waals surface area contributed by atoms with E-state index in [-0.39, 0.29) is 17.0 Å². The molecule has 1 aliphatic rings. The summed E-state index contributed by atoms with van der Waals surface area (Å²) in [4.78, 5) is 0. The maximum atomic E-state index is 11.9. The molecule has 0 radical (unpaired) electrons. The highest BCUT2D eigenvalue weighted by atomic mass is 32.2. The van der Waals surface area contributed by atoms with E-state index in [4.69, 9.17) is 5.73 Å². The molecular formula is C11H23NO2S. The minimum absolute atomic E-state index is 0.148. The number of sulfone groups is 1. The summed E-state index contributed by atoms with van der Waals surface area (Å²) in [6, 6.07) is -0.148. The fraction of sp³-hybridized carbons (Fsp3) is 1.00. The fourth-order valence-electron chi connectivity index (χ4n) is 2.42. The predicted molar refractivity (Wildman–Crippen MR) is 63.4 cm³/mol. The second-order valence-corrected chi connectivity index (χ2v) is 7.48. The lowest BCUT2D eigenvalue weighted by Crippen LogP contribution is -2.46. The third-order valence-corrected chi connectivity index (χ3v) is 5.96. The van der Waals surface area contributed by atoms with Gasteiger partial charge in [-0.05, 0) is 31.1 Å². The topological polar surface area (TPSA) is 60.2 Å². The molecule has 4 heteroatoms. The maximum Gasteiger partial charge on any atom is 0.154 e. The summed E-state index contributed by atoms with van der Waals surface area (Å²) in [7, 11) is -2.96. The second kappa shape index (κ2) is 4.83. The molecule has 0 aromatic heterocycles. The van der Waals surface area contributed by atoms with Gasteiger partial charge in [0.2, 0.25) is 0 Å². The standard InChI is InChI=1S/C11H23NO2S/c1-4-15(13,14)11-7-9(8(2)3)5-6-10(11)12/h8-11H,4-7,12H2,1-3H3. The van der Waals surface area contributed by atoms with E-state index in [1.807, 2.05) is 0 Å². The minimum atomic E-state index is -2.96. The van der Waals surface area contributed by atoms with Crippen LogP contribution in [0.1, 0.15) is 40.0 Å². The van der Waals surface area contributed by atoms with Gasteiger partial charge in [-0.1, -0.05) is 20.8 Å². The summed E-state index contributed by atoms with van der Waals surface area (Å²) in [6.45, 7) is 6.04. The predicted octanol–water partition coefficient (Wildman–Crippen LogP) is 1.57. The van der Waals surface area contributed by atoms with Gasteiger partial charge in [-0.25, -0.2) is 8.42 Å². The zero-order valence-electron chi connectivity index (χ0n) is 9.94. The van der Waals surface area contributed by atoms with Crippen molar-refractivity contribution in [2.45, 2.75) is 51.3 Å². The molecule has 0 amide bonds. The van der Waals surface area contributed by atoms with Gasteiger partial charge < -0.3 is 5.73 Å². The molecule has 90 valence electrons. The first-order valence-electron chi connectivity index (χ1n) is 5.85. The fourth-order valence-corrected chi connectivity index (χ4v) is 4.05. The Kier molecular flexibility index (Phi) is 4.18. The van der Waals surface area contributed by atoms with E-state index in [0.29, 0.717) is 11.8 Å². The lowest BCUT2D eigenvalue weighted by atomic mass is 9.79. The van der Waals surface area contributed by atoms with Gasteiger partial charge in [0.15, 0.2) is 9.84 Å². The Hall–Kier alpha value is -0.0900. The molecule has 0 saturated heterocycles. The lowest BCUT2D eigenvalue weighted by Gasteiger charge is -2.35. The van der Waals surface area contributed by atoms with Gasteiger partial charge in [0.1, 0.15) is 0 Å². The first-order chi connectivity index (χ1) is 6.88. The van der Waals surface area contributed by atoms with E-state index in [1.165, 1.54) is 0 Å². The average molecular weight is 233 g/mol. The van der Waals surface area contributed by atoms with Gasteiger partial charge >= 0.3 is 0 Å². The molecule has 3 atom stereocenters. The first-order valence-corrected chi connectivity index (χ1v) is 7.57. The number of rotatable bonds is 3. The van der Waals surface area contributed by atoms with Crippen molar-refractivity contribution >= 4 is 9.84 Å². The van der Waals surface area contributed by atoms with Crippen LogP contribution >= 0.6 is 0 Å². The van der Waals surface area contributed by atoms with Gasteiger partial charge in [-0.15, -0.1) is 0 Å². The van der Waals surface area contributed by atoms with Crippen LogP contribution in [-0.4, -0.2) is 25.5 Å². The van der Waals surface area contributed by atoms with Crippen LogP contribution in [0.5, 0.6) is 0 Å². The Morgan fingerprint density at radius 2 is 1.93 bits per heavy atom. The zero-order valence-corrected chi connectivity index (χ0v) is 10.8. The zero-order chi connectivity index (χ0) is 11.6. The van der Waals surface area contributed by atoms with Crippen LogP contribution in [0, 0.1) is 11.8 Å². The van der Waals surface area contributed by atoms with Crippen molar-refractivity contribution in [1.82, 2.24) is 0 Å². The molecule has 0 aliphatic heterocycles. The third-order valence-electron chi connectivity index (χ3n) is 3.69. The number of nitrogens with two attached hydrogens (primary N) is 1. The van der Waals surface area contributed by atoms with Gasteiger partial charge in [0.25, 0.3) is 0 Å². The maximum absolute atomic E-state index is 11.9. The molecule has 0 spiro atoms. The van der Waals surface area contributed by atoms with Crippen LogP contribution in [0.25, 0.3) is 0 Å². The third kappa shape index (κ3) is 2.94. The first kappa shape index (κ1) is 13.0. The van der Waals surface area contributed by atoms with Gasteiger partial charge in [-0.3, -0.25) is 0 Å². The molecular weight excluding hydrogens is 210 g/mol. The molecule has 1 saturated carbocycles. The summed E-state index contributed by atoms with van der Waals surface area (Å²) >= 11 is 0. The van der Waals surface area contributed by atoms with Crippen molar-refractivity contribution in [3.05, 3.63) is 0 Å². The SMILES string of the molecule is CCS(=O)(=O)C1CC(C(C)C)CCC1N. The van der Waals surface area contributed by atoms with Crippen molar-refractivity contribution in [2.75, 3.05) is 5.75 Å². The number of hydrogen-bond acceptors (Lipinski definition) is 3. The van der Waals surface area contributed by atoms with E-state index >= 15 is 0 Å². The molecule has 15 heavy (non-hydrogen) atoms. The molecule has 3 unspecified atom stereocenters. The quantitative estimate of drug-likeness (QED) is 0.805. The summed E-state index contributed by atoms with van der Waals surface area (Å²) in [6.07, 6.45) is 2.69. The molecule has 0 aromatic rings. The van der Waals surface area contributed by atoms with E-state index in [9.17, 15) is 8.42 Å². The van der Waals surface area contributed by atoms with Crippen molar-refractivity contribution in [3.63, 3.8) is 0 Å². The second-order valence-electron chi connectivity index (χ2n) is 4.97. The molecule has 3 nitrogen and oxygen atoms in total. The Morgan fingerprint density at radius 1 is 1.33 bits per heavy atom. The van der Waals surface area contributed by atoms with Gasteiger partial charge in [-0.2, -0.15) is 0 Å². The highest BCUT2D eigenvalue weighted by molar-refractivity contribution is 7.92. The van der Waals surface area contributed by atoms with Crippen LogP contribution < -0.4 is 5.73 Å². The van der Waals surface area contributed by atoms with E-state index in [1.54, 1.807) is 6.92 Å². The summed E-state index contributed by atoms with van der Waals surface area (Å²) < 4.78 is 23.7. The van der Waals surface area contributed by atoms with Crippen LogP contribution in [0.15, 0.2) is 0 Å². The normalized spacial score (nSPS) is 33.3. The van der Waals surface area contributed by atoms with Gasteiger partial charge in [0.05, 0.1) is 5.25 Å². The lowest BCUT2D eigenvalue weighted by molar-refractivity contribution is 0.261. The van der Waals surface area contributed by atoms with Crippen LogP contribution in [0.4, 0.5) is 0 Å². The van der Waals surface area contributed by atoms with E-state index < -0.39 is 9.84 Å². The van der Waals surface area contributed by atoms with Crippen LogP contribution in [0.3, 0.4) is 0 Å². The molecule has 1 rings (SSSR count). The summed E-state index contributed by atoms with van der Waals surface area (Å²) in [5.41, 5.74) is 5.92. The Morgan fingerprint density at radius 3 is 2.40 bits per heavy atom. The molecule has 1 aliphatic carbocycles. The Bertz CT molecular complexity index is 298. The molecule has 2 N–H and O–H groups in total. The Balaban J connectivity index is 2.79. The summed E-state index contributed by atoms with van der Waals surface area (Å²) in [5, 5.41) is -0.302. The van der Waals surface area contributed by atoms with Crippen molar-refractivity contribution < 1.29 is 8.42 Å². The molecule has 0 bridgehead atoms. The highest BCUT2D eigenvalue weighted by Gasteiger charge is 2.36.